The predicted octanol–water partition coefficient (Wildman–Crippen LogP) is 2.07. The van der Waals surface area contributed by atoms with Crippen molar-refractivity contribution in [1.29, 1.82) is 5.26 Å². The first-order chi connectivity index (χ1) is 7.31. The topological polar surface area (TPSA) is 56.0 Å². The van der Waals surface area contributed by atoms with Crippen LogP contribution in [0, 0.1) is 11.3 Å². The lowest BCUT2D eigenvalue weighted by molar-refractivity contribution is 0.292. The molecule has 1 aromatic rings. The van der Waals surface area contributed by atoms with Gasteiger partial charge in [0.05, 0.1) is 11.6 Å². The quantitative estimate of drug-likeness (QED) is 0.591. The van der Waals surface area contributed by atoms with E-state index in [0.717, 1.165) is 17.1 Å². The molecular formula is C11H14N2OS. The minimum Gasteiger partial charge on any atom is -0.396 e. The van der Waals surface area contributed by atoms with Gasteiger partial charge in [0.1, 0.15) is 0 Å². The molecule has 1 aromatic carbocycles. The molecule has 3 nitrogen and oxygen atoms in total. The average molecular weight is 222 g/mol. The summed E-state index contributed by atoms with van der Waals surface area (Å²) in [6.45, 7) is 0.901. The van der Waals surface area contributed by atoms with Gasteiger partial charge in [0.2, 0.25) is 0 Å². The molecule has 0 aliphatic carbocycles. The molecule has 0 saturated carbocycles. The van der Waals surface area contributed by atoms with E-state index < -0.39 is 0 Å². The fourth-order valence-corrected chi connectivity index (χ4v) is 1.77. The van der Waals surface area contributed by atoms with Crippen molar-refractivity contribution < 1.29 is 5.11 Å². The molecule has 0 heterocycles. The van der Waals surface area contributed by atoms with Gasteiger partial charge in [-0.05, 0) is 30.9 Å². The van der Waals surface area contributed by atoms with Crippen molar-refractivity contribution in [2.24, 2.45) is 0 Å². The van der Waals surface area contributed by atoms with E-state index in [1.54, 1.807) is 11.8 Å². The molecule has 0 saturated heterocycles. The normalized spacial score (nSPS) is 9.67. The Morgan fingerprint density at radius 2 is 2.33 bits per heavy atom. The van der Waals surface area contributed by atoms with Crippen molar-refractivity contribution in [3.8, 4) is 6.07 Å². The van der Waals surface area contributed by atoms with Gasteiger partial charge < -0.3 is 10.4 Å². The Bertz CT molecular complexity index is 360. The van der Waals surface area contributed by atoms with Gasteiger partial charge in [-0.3, -0.25) is 0 Å². The molecular weight excluding hydrogens is 208 g/mol. The van der Waals surface area contributed by atoms with Gasteiger partial charge >= 0.3 is 0 Å². The van der Waals surface area contributed by atoms with Crippen molar-refractivity contribution in [2.45, 2.75) is 11.3 Å². The van der Waals surface area contributed by atoms with E-state index in [0.29, 0.717) is 12.0 Å². The number of nitrogens with one attached hydrogen (secondary N) is 1. The second-order valence-electron chi connectivity index (χ2n) is 3.03. The molecule has 0 aliphatic heterocycles. The fraction of sp³-hybridized carbons (Fsp3) is 0.364. The predicted molar refractivity (Wildman–Crippen MR) is 63.1 cm³/mol. The van der Waals surface area contributed by atoms with Gasteiger partial charge in [-0.15, -0.1) is 11.8 Å². The Kier molecular flexibility index (Phi) is 5.02. The summed E-state index contributed by atoms with van der Waals surface area (Å²) in [5.41, 5.74) is 1.62. The van der Waals surface area contributed by atoms with Crippen molar-refractivity contribution >= 4 is 17.4 Å². The maximum absolute atomic E-state index is 8.77. The SMILES string of the molecule is CSc1ccc(C#N)cc1NCCCO. The maximum atomic E-state index is 8.77. The summed E-state index contributed by atoms with van der Waals surface area (Å²) in [6.07, 6.45) is 2.71. The van der Waals surface area contributed by atoms with E-state index in [9.17, 15) is 0 Å². The van der Waals surface area contributed by atoms with Gasteiger partial charge in [0.25, 0.3) is 0 Å². The van der Waals surface area contributed by atoms with Gasteiger partial charge in [-0.25, -0.2) is 0 Å². The molecule has 0 spiro atoms. The van der Waals surface area contributed by atoms with Crippen LogP contribution in [0.15, 0.2) is 23.1 Å². The Hall–Kier alpha value is -1.18. The molecule has 0 bridgehead atoms. The summed E-state index contributed by atoms with van der Waals surface area (Å²) in [5.74, 6) is 0. The number of anilines is 1. The number of thioether (sulfide) groups is 1. The lowest BCUT2D eigenvalue weighted by Crippen LogP contribution is -2.04. The lowest BCUT2D eigenvalue weighted by Gasteiger charge is -2.09. The molecule has 0 radical (unpaired) electrons. The average Bonchev–Trinajstić information content (AvgIpc) is 2.29. The van der Waals surface area contributed by atoms with Gasteiger partial charge in [0, 0.05) is 23.7 Å². The first kappa shape index (κ1) is 11.9. The zero-order chi connectivity index (χ0) is 11.1. The summed E-state index contributed by atoms with van der Waals surface area (Å²) in [6, 6.07) is 7.69. The number of hydrogen-bond donors (Lipinski definition) is 2. The van der Waals surface area contributed by atoms with Crippen molar-refractivity contribution in [2.75, 3.05) is 24.7 Å². The van der Waals surface area contributed by atoms with Crippen LogP contribution in [0.4, 0.5) is 5.69 Å². The lowest BCUT2D eigenvalue weighted by atomic mass is 10.2. The number of aliphatic hydroxyl groups excluding tert-OH is 1. The third kappa shape index (κ3) is 3.46. The van der Waals surface area contributed by atoms with Crippen LogP contribution in [0.1, 0.15) is 12.0 Å². The van der Waals surface area contributed by atoms with Crippen LogP contribution >= 0.6 is 11.8 Å². The van der Waals surface area contributed by atoms with E-state index in [1.165, 1.54) is 0 Å². The van der Waals surface area contributed by atoms with E-state index in [-0.39, 0.29) is 6.61 Å². The van der Waals surface area contributed by atoms with Gasteiger partial charge in [0.15, 0.2) is 0 Å². The Labute approximate surface area is 94.1 Å². The first-order valence-electron chi connectivity index (χ1n) is 4.74. The third-order valence-corrected chi connectivity index (χ3v) is 2.77. The highest BCUT2D eigenvalue weighted by Gasteiger charge is 2.02. The molecule has 4 heteroatoms. The van der Waals surface area contributed by atoms with Crippen LogP contribution in [0.25, 0.3) is 0 Å². The summed E-state index contributed by atoms with van der Waals surface area (Å²) in [5, 5.41) is 20.7. The first-order valence-corrected chi connectivity index (χ1v) is 5.97. The number of nitriles is 1. The van der Waals surface area contributed by atoms with Crippen molar-refractivity contribution in [1.82, 2.24) is 0 Å². The Balaban J connectivity index is 2.78. The van der Waals surface area contributed by atoms with Crippen molar-refractivity contribution in [3.63, 3.8) is 0 Å². The molecule has 1 rings (SSSR count). The van der Waals surface area contributed by atoms with E-state index in [2.05, 4.69) is 11.4 Å². The minimum atomic E-state index is 0.180. The van der Waals surface area contributed by atoms with E-state index >= 15 is 0 Å². The van der Waals surface area contributed by atoms with Crippen LogP contribution < -0.4 is 5.32 Å². The Morgan fingerprint density at radius 3 is 2.93 bits per heavy atom. The molecule has 0 aliphatic rings. The largest absolute Gasteiger partial charge is 0.396 e. The van der Waals surface area contributed by atoms with Gasteiger partial charge in [-0.2, -0.15) is 5.26 Å². The van der Waals surface area contributed by atoms with E-state index in [4.69, 9.17) is 10.4 Å². The molecule has 2 N–H and O–H groups in total. The highest BCUT2D eigenvalue weighted by Crippen LogP contribution is 2.26. The molecule has 0 fully saturated rings. The van der Waals surface area contributed by atoms with Gasteiger partial charge in [-0.1, -0.05) is 0 Å². The minimum absolute atomic E-state index is 0.180. The second kappa shape index (κ2) is 6.33. The second-order valence-corrected chi connectivity index (χ2v) is 3.88. The summed E-state index contributed by atoms with van der Waals surface area (Å²) in [7, 11) is 0. The van der Waals surface area contributed by atoms with Crippen LogP contribution in [0.2, 0.25) is 0 Å². The number of benzene rings is 1. The van der Waals surface area contributed by atoms with Crippen LogP contribution in [-0.4, -0.2) is 24.5 Å². The molecule has 0 amide bonds. The standard InChI is InChI=1S/C11H14N2OS/c1-15-11-4-3-9(8-12)7-10(11)13-5-2-6-14/h3-4,7,13-14H,2,5-6H2,1H3. The summed E-state index contributed by atoms with van der Waals surface area (Å²) >= 11 is 1.64. The Morgan fingerprint density at radius 1 is 1.53 bits per heavy atom. The maximum Gasteiger partial charge on any atom is 0.0992 e. The molecule has 15 heavy (non-hydrogen) atoms. The highest BCUT2D eigenvalue weighted by molar-refractivity contribution is 7.98. The smallest absolute Gasteiger partial charge is 0.0992 e. The fourth-order valence-electron chi connectivity index (χ4n) is 1.22. The number of aliphatic hydroxyl groups is 1. The van der Waals surface area contributed by atoms with Crippen LogP contribution in [0.5, 0.6) is 0 Å². The molecule has 0 atom stereocenters. The number of hydrogen-bond acceptors (Lipinski definition) is 4. The van der Waals surface area contributed by atoms with Crippen LogP contribution in [0.3, 0.4) is 0 Å². The zero-order valence-electron chi connectivity index (χ0n) is 8.66. The van der Waals surface area contributed by atoms with E-state index in [1.807, 2.05) is 24.5 Å². The molecule has 0 aromatic heterocycles. The summed E-state index contributed by atoms with van der Waals surface area (Å²) in [4.78, 5) is 1.12. The summed E-state index contributed by atoms with van der Waals surface area (Å²) < 4.78 is 0. The third-order valence-electron chi connectivity index (χ3n) is 1.98. The molecule has 0 unspecified atom stereocenters. The zero-order valence-corrected chi connectivity index (χ0v) is 9.47. The number of nitrogens with zero attached hydrogens (tertiary/aromatic N) is 1. The van der Waals surface area contributed by atoms with Crippen molar-refractivity contribution in [3.05, 3.63) is 23.8 Å². The highest BCUT2D eigenvalue weighted by atomic mass is 32.2. The molecule has 80 valence electrons. The number of rotatable bonds is 5. The van der Waals surface area contributed by atoms with Crippen LogP contribution in [-0.2, 0) is 0 Å². The monoisotopic (exact) mass is 222 g/mol.